The molecule has 2 atom stereocenters. The predicted octanol–water partition coefficient (Wildman–Crippen LogP) is 0.290. The quantitative estimate of drug-likeness (QED) is 0.729. The molecule has 0 spiro atoms. The molecule has 0 saturated carbocycles. The lowest BCUT2D eigenvalue weighted by molar-refractivity contribution is -0.0487. The molecule has 0 radical (unpaired) electrons. The highest BCUT2D eigenvalue weighted by atomic mass is 16.5. The first-order chi connectivity index (χ1) is 11.1. The van der Waals surface area contributed by atoms with Crippen molar-refractivity contribution in [1.82, 2.24) is 19.6 Å². The number of hydrogen-bond donors (Lipinski definition) is 0. The van der Waals surface area contributed by atoms with Gasteiger partial charge in [-0.2, -0.15) is 5.10 Å². The highest BCUT2D eigenvalue weighted by molar-refractivity contribution is 5.95. The van der Waals surface area contributed by atoms with E-state index in [0.717, 1.165) is 45.0 Å². The highest BCUT2D eigenvalue weighted by Crippen LogP contribution is 2.25. The number of amides is 1. The summed E-state index contributed by atoms with van der Waals surface area (Å²) in [6.45, 7) is 6.70. The van der Waals surface area contributed by atoms with E-state index >= 15 is 0 Å². The van der Waals surface area contributed by atoms with Crippen LogP contribution in [0, 0.1) is 6.92 Å². The first kappa shape index (κ1) is 16.4. The van der Waals surface area contributed by atoms with Crippen LogP contribution in [0.5, 0.6) is 0 Å². The number of aromatic nitrogens is 2. The molecular weight excluding hydrogens is 296 g/mol. The maximum Gasteiger partial charge on any atom is 0.257 e. The molecule has 2 aliphatic heterocycles. The Bertz CT molecular complexity index is 560. The number of carbonyl (C=O) groups excluding carboxylic acids is 1. The number of likely N-dealkylation sites (tertiary alicyclic amines) is 1. The summed E-state index contributed by atoms with van der Waals surface area (Å²) >= 11 is 0. The third-order valence-corrected chi connectivity index (χ3v) is 4.74. The summed E-state index contributed by atoms with van der Waals surface area (Å²) in [5.41, 5.74) is 1.47. The van der Waals surface area contributed by atoms with Crippen LogP contribution in [0.1, 0.15) is 22.5 Å². The van der Waals surface area contributed by atoms with Crippen molar-refractivity contribution in [2.45, 2.75) is 25.5 Å². The number of aryl methyl sites for hydroxylation is 2. The summed E-state index contributed by atoms with van der Waals surface area (Å²) in [5.74, 6) is 0.0606. The van der Waals surface area contributed by atoms with Crippen molar-refractivity contribution in [3.05, 3.63) is 17.5 Å². The number of ether oxygens (including phenoxy) is 2. The van der Waals surface area contributed by atoms with E-state index < -0.39 is 0 Å². The number of methoxy groups -OCH3 is 1. The Hall–Kier alpha value is -1.44. The molecule has 23 heavy (non-hydrogen) atoms. The summed E-state index contributed by atoms with van der Waals surface area (Å²) in [7, 11) is 3.57. The molecule has 0 aromatic carbocycles. The van der Waals surface area contributed by atoms with Crippen molar-refractivity contribution in [1.29, 1.82) is 0 Å². The first-order valence-corrected chi connectivity index (χ1v) is 8.24. The van der Waals surface area contributed by atoms with Gasteiger partial charge in [-0.15, -0.1) is 0 Å². The van der Waals surface area contributed by atoms with E-state index in [-0.39, 0.29) is 12.0 Å². The summed E-state index contributed by atoms with van der Waals surface area (Å²) in [6.07, 6.45) is 2.93. The minimum Gasteiger partial charge on any atom is -0.385 e. The average molecular weight is 322 g/mol. The monoisotopic (exact) mass is 322 g/mol. The predicted molar refractivity (Wildman–Crippen MR) is 85.4 cm³/mol. The summed E-state index contributed by atoms with van der Waals surface area (Å²) < 4.78 is 12.7. The van der Waals surface area contributed by atoms with E-state index in [2.05, 4.69) is 10.00 Å². The molecular formula is C16H26N4O3. The minimum atomic E-state index is 0.0606. The second-order valence-electron chi connectivity index (χ2n) is 6.37. The summed E-state index contributed by atoms with van der Waals surface area (Å²) in [6, 6.07) is 0.293. The molecule has 7 heteroatoms. The van der Waals surface area contributed by atoms with Gasteiger partial charge in [0.05, 0.1) is 30.0 Å². The zero-order valence-electron chi connectivity index (χ0n) is 14.2. The molecule has 0 N–H and O–H groups in total. The number of nitrogens with zero attached hydrogens (tertiary/aromatic N) is 4. The molecule has 1 aromatic heterocycles. The number of hydrogen-bond acceptors (Lipinski definition) is 5. The van der Waals surface area contributed by atoms with Crippen LogP contribution in [0.4, 0.5) is 0 Å². The van der Waals surface area contributed by atoms with Crippen LogP contribution in [0.25, 0.3) is 0 Å². The zero-order chi connectivity index (χ0) is 16.4. The van der Waals surface area contributed by atoms with E-state index in [4.69, 9.17) is 9.47 Å². The van der Waals surface area contributed by atoms with E-state index in [9.17, 15) is 4.79 Å². The van der Waals surface area contributed by atoms with Gasteiger partial charge in [0.25, 0.3) is 5.91 Å². The fraction of sp³-hybridized carbons (Fsp3) is 0.750. The first-order valence-electron chi connectivity index (χ1n) is 8.24. The minimum absolute atomic E-state index is 0.0606. The Morgan fingerprint density at radius 1 is 1.48 bits per heavy atom. The number of fused-ring (bicyclic) bond motifs is 1. The lowest BCUT2D eigenvalue weighted by atomic mass is 10.1. The van der Waals surface area contributed by atoms with Crippen molar-refractivity contribution in [3.8, 4) is 0 Å². The SMILES string of the molecule is COCCCN1CCO[C@H]2CN(C(=O)c3cn(C)nc3C)C[C@@H]21. The molecule has 0 bridgehead atoms. The third-order valence-electron chi connectivity index (χ3n) is 4.74. The third kappa shape index (κ3) is 3.41. The molecule has 7 nitrogen and oxygen atoms in total. The lowest BCUT2D eigenvalue weighted by Gasteiger charge is -2.36. The van der Waals surface area contributed by atoms with Crippen LogP contribution in [-0.4, -0.2) is 84.1 Å². The van der Waals surface area contributed by atoms with Gasteiger partial charge >= 0.3 is 0 Å². The largest absolute Gasteiger partial charge is 0.385 e. The van der Waals surface area contributed by atoms with Crippen LogP contribution in [0.2, 0.25) is 0 Å². The van der Waals surface area contributed by atoms with Crippen LogP contribution in [0.3, 0.4) is 0 Å². The van der Waals surface area contributed by atoms with Gasteiger partial charge in [-0.25, -0.2) is 0 Å². The molecule has 3 heterocycles. The van der Waals surface area contributed by atoms with Crippen molar-refractivity contribution in [2.75, 3.05) is 46.5 Å². The highest BCUT2D eigenvalue weighted by Gasteiger charge is 2.42. The molecule has 1 amide bonds. The summed E-state index contributed by atoms with van der Waals surface area (Å²) in [5, 5.41) is 4.27. The zero-order valence-corrected chi connectivity index (χ0v) is 14.2. The average Bonchev–Trinajstić information content (AvgIpc) is 3.10. The van der Waals surface area contributed by atoms with Gasteiger partial charge in [0.1, 0.15) is 0 Å². The normalized spacial score (nSPS) is 24.9. The molecule has 3 rings (SSSR count). The van der Waals surface area contributed by atoms with E-state index in [1.54, 1.807) is 18.0 Å². The van der Waals surface area contributed by atoms with Crippen molar-refractivity contribution < 1.29 is 14.3 Å². The Labute approximate surface area is 137 Å². The fourth-order valence-corrected chi connectivity index (χ4v) is 3.59. The topological polar surface area (TPSA) is 59.8 Å². The van der Waals surface area contributed by atoms with E-state index in [1.807, 2.05) is 18.9 Å². The molecule has 0 unspecified atom stereocenters. The van der Waals surface area contributed by atoms with E-state index in [1.165, 1.54) is 0 Å². The van der Waals surface area contributed by atoms with Crippen molar-refractivity contribution >= 4 is 5.91 Å². The lowest BCUT2D eigenvalue weighted by Crippen LogP contribution is -2.51. The molecule has 2 fully saturated rings. The van der Waals surface area contributed by atoms with Crippen molar-refractivity contribution in [2.24, 2.45) is 7.05 Å². The maximum absolute atomic E-state index is 12.8. The Morgan fingerprint density at radius 3 is 3.00 bits per heavy atom. The number of carbonyl (C=O) groups is 1. The Balaban J connectivity index is 1.66. The maximum atomic E-state index is 12.8. The van der Waals surface area contributed by atoms with Crippen LogP contribution >= 0.6 is 0 Å². The van der Waals surface area contributed by atoms with Gasteiger partial charge in [0.2, 0.25) is 0 Å². The molecule has 0 aliphatic carbocycles. The van der Waals surface area contributed by atoms with Crippen LogP contribution in [0.15, 0.2) is 6.20 Å². The summed E-state index contributed by atoms with van der Waals surface area (Å²) in [4.78, 5) is 17.1. The molecule has 128 valence electrons. The Morgan fingerprint density at radius 2 is 2.30 bits per heavy atom. The second kappa shape index (κ2) is 6.98. The van der Waals surface area contributed by atoms with Gasteiger partial charge in [-0.3, -0.25) is 14.4 Å². The molecule has 2 saturated heterocycles. The van der Waals surface area contributed by atoms with Gasteiger partial charge in [-0.05, 0) is 13.3 Å². The fourth-order valence-electron chi connectivity index (χ4n) is 3.59. The number of rotatable bonds is 5. The number of morpholine rings is 1. The van der Waals surface area contributed by atoms with Gasteiger partial charge < -0.3 is 14.4 Å². The van der Waals surface area contributed by atoms with Crippen LogP contribution in [-0.2, 0) is 16.5 Å². The van der Waals surface area contributed by atoms with E-state index in [0.29, 0.717) is 18.2 Å². The van der Waals surface area contributed by atoms with Crippen molar-refractivity contribution in [3.63, 3.8) is 0 Å². The molecule has 1 aromatic rings. The second-order valence-corrected chi connectivity index (χ2v) is 6.37. The standard InChI is InChI=1S/C16H26N4O3/c1-12-13(9-18(2)17-12)16(21)20-10-14-15(11-20)23-8-6-19(14)5-4-7-22-3/h9,14-15H,4-8,10-11H2,1-3H3/t14-,15-/m0/s1. The van der Waals surface area contributed by atoms with Gasteiger partial charge in [0, 0.05) is 53.1 Å². The van der Waals surface area contributed by atoms with Crippen LogP contribution < -0.4 is 0 Å². The smallest absolute Gasteiger partial charge is 0.257 e. The van der Waals surface area contributed by atoms with Gasteiger partial charge in [0.15, 0.2) is 0 Å². The Kier molecular flexibility index (Phi) is 4.99. The molecule has 2 aliphatic rings. The van der Waals surface area contributed by atoms with Gasteiger partial charge in [-0.1, -0.05) is 0 Å².